The molecule has 1 rings (SSSR count). The highest BCUT2D eigenvalue weighted by Crippen LogP contribution is 2.20. The van der Waals surface area contributed by atoms with Crippen LogP contribution in [-0.2, 0) is 10.0 Å². The fourth-order valence-electron chi connectivity index (χ4n) is 0.870. The van der Waals surface area contributed by atoms with Gasteiger partial charge >= 0.3 is 0 Å². The van der Waals surface area contributed by atoms with Crippen LogP contribution in [0.5, 0.6) is 0 Å². The van der Waals surface area contributed by atoms with Crippen LogP contribution in [0.3, 0.4) is 0 Å². The lowest BCUT2D eigenvalue weighted by Crippen LogP contribution is -2.09. The van der Waals surface area contributed by atoms with Crippen LogP contribution < -0.4 is 4.72 Å². The number of hydrogen-bond acceptors (Lipinski definition) is 2. The molecule has 5 heteroatoms. The highest BCUT2D eigenvalue weighted by Gasteiger charge is 2.02. The number of halogens is 1. The first-order chi connectivity index (χ1) is 5.88. The topological polar surface area (TPSA) is 46.2 Å². The summed E-state index contributed by atoms with van der Waals surface area (Å²) in [6.07, 6.45) is 1.10. The number of aryl methyl sites for hydroxylation is 1. The monoisotopic (exact) mass is 219 g/mol. The van der Waals surface area contributed by atoms with Gasteiger partial charge in [0.2, 0.25) is 10.0 Å². The number of nitrogens with one attached hydrogen (secondary N) is 1. The van der Waals surface area contributed by atoms with Crippen molar-refractivity contribution in [2.24, 2.45) is 0 Å². The van der Waals surface area contributed by atoms with E-state index >= 15 is 0 Å². The fraction of sp³-hybridized carbons (Fsp3) is 0.250. The van der Waals surface area contributed by atoms with Gasteiger partial charge in [-0.2, -0.15) is 0 Å². The van der Waals surface area contributed by atoms with E-state index < -0.39 is 10.0 Å². The number of anilines is 1. The molecule has 0 aliphatic heterocycles. The van der Waals surface area contributed by atoms with Gasteiger partial charge in [-0.15, -0.1) is 0 Å². The van der Waals surface area contributed by atoms with E-state index in [1.54, 1.807) is 18.2 Å². The average Bonchev–Trinajstić information content (AvgIpc) is 1.94. The lowest BCUT2D eigenvalue weighted by Gasteiger charge is -2.04. The zero-order valence-corrected chi connectivity index (χ0v) is 8.91. The van der Waals surface area contributed by atoms with Crippen LogP contribution in [0, 0.1) is 6.92 Å². The van der Waals surface area contributed by atoms with E-state index in [0.29, 0.717) is 10.7 Å². The van der Waals surface area contributed by atoms with E-state index in [1.807, 2.05) is 6.92 Å². The molecule has 0 saturated heterocycles. The molecule has 3 nitrogen and oxygen atoms in total. The summed E-state index contributed by atoms with van der Waals surface area (Å²) in [5.41, 5.74) is 1.40. The van der Waals surface area contributed by atoms with E-state index in [-0.39, 0.29) is 0 Å². The molecule has 0 spiro atoms. The van der Waals surface area contributed by atoms with Gasteiger partial charge in [0.1, 0.15) is 0 Å². The predicted molar refractivity (Wildman–Crippen MR) is 54.7 cm³/mol. The van der Waals surface area contributed by atoms with Crippen LogP contribution in [0.4, 0.5) is 5.69 Å². The molecule has 0 radical (unpaired) electrons. The molecule has 0 atom stereocenters. The van der Waals surface area contributed by atoms with Gasteiger partial charge in [-0.3, -0.25) is 4.72 Å². The smallest absolute Gasteiger partial charge is 0.229 e. The van der Waals surface area contributed by atoms with Crippen molar-refractivity contribution >= 4 is 27.3 Å². The normalized spacial score (nSPS) is 11.3. The number of sulfonamides is 1. The van der Waals surface area contributed by atoms with Gasteiger partial charge in [-0.25, -0.2) is 8.42 Å². The average molecular weight is 220 g/mol. The Labute approximate surface area is 82.8 Å². The van der Waals surface area contributed by atoms with Crippen molar-refractivity contribution in [3.63, 3.8) is 0 Å². The fourth-order valence-corrected chi connectivity index (χ4v) is 1.61. The van der Waals surface area contributed by atoms with Crippen LogP contribution in [-0.4, -0.2) is 14.7 Å². The zero-order chi connectivity index (χ0) is 10.1. The van der Waals surface area contributed by atoms with Gasteiger partial charge in [-0.05, 0) is 24.6 Å². The number of benzene rings is 1. The number of rotatable bonds is 2. The van der Waals surface area contributed by atoms with Crippen LogP contribution in [0.1, 0.15) is 5.56 Å². The lowest BCUT2D eigenvalue weighted by atomic mass is 10.2. The predicted octanol–water partition coefficient (Wildman–Crippen LogP) is 2.02. The van der Waals surface area contributed by atoms with E-state index in [0.717, 1.165) is 11.8 Å². The van der Waals surface area contributed by atoms with Crippen LogP contribution in [0.15, 0.2) is 18.2 Å². The summed E-state index contributed by atoms with van der Waals surface area (Å²) in [6.45, 7) is 1.85. The summed E-state index contributed by atoms with van der Waals surface area (Å²) in [6, 6.07) is 5.01. The molecule has 0 bridgehead atoms. The summed E-state index contributed by atoms with van der Waals surface area (Å²) in [4.78, 5) is 0. The van der Waals surface area contributed by atoms with Crippen LogP contribution in [0.2, 0.25) is 5.02 Å². The first kappa shape index (κ1) is 10.3. The molecule has 0 saturated carbocycles. The molecule has 0 aliphatic carbocycles. The summed E-state index contributed by atoms with van der Waals surface area (Å²) >= 11 is 5.81. The molecule has 0 unspecified atom stereocenters. The maximum atomic E-state index is 10.8. The van der Waals surface area contributed by atoms with Gasteiger partial charge in [0, 0.05) is 10.7 Å². The van der Waals surface area contributed by atoms with Crippen molar-refractivity contribution in [3.8, 4) is 0 Å². The first-order valence-corrected chi connectivity index (χ1v) is 5.89. The molecule has 1 aromatic rings. The van der Waals surface area contributed by atoms with E-state index in [1.165, 1.54) is 0 Å². The Bertz CT molecular complexity index is 414. The second kappa shape index (κ2) is 3.55. The highest BCUT2D eigenvalue weighted by molar-refractivity contribution is 7.92. The summed E-state index contributed by atoms with van der Waals surface area (Å²) < 4.78 is 24.0. The summed E-state index contributed by atoms with van der Waals surface area (Å²) in [5, 5.41) is 0.550. The number of hydrogen-bond donors (Lipinski definition) is 1. The third-order valence-corrected chi connectivity index (χ3v) is 2.49. The highest BCUT2D eigenvalue weighted by atomic mass is 35.5. The standard InChI is InChI=1S/C8H10ClNO2S/c1-6-3-4-7(5-8(6)9)10-13(2,11)12/h3-5,10H,1-2H3. The van der Waals surface area contributed by atoms with Crippen molar-refractivity contribution in [2.75, 3.05) is 11.0 Å². The van der Waals surface area contributed by atoms with Crippen molar-refractivity contribution in [3.05, 3.63) is 28.8 Å². The van der Waals surface area contributed by atoms with Crippen molar-refractivity contribution in [2.45, 2.75) is 6.92 Å². The molecular formula is C8H10ClNO2S. The maximum Gasteiger partial charge on any atom is 0.229 e. The largest absolute Gasteiger partial charge is 0.284 e. The molecule has 0 aliphatic rings. The zero-order valence-electron chi connectivity index (χ0n) is 7.33. The lowest BCUT2D eigenvalue weighted by molar-refractivity contribution is 0.607. The Balaban J connectivity index is 2.99. The van der Waals surface area contributed by atoms with Crippen molar-refractivity contribution in [1.29, 1.82) is 0 Å². The Hall–Kier alpha value is -0.740. The van der Waals surface area contributed by atoms with Gasteiger partial charge in [0.25, 0.3) is 0 Å². The maximum absolute atomic E-state index is 10.8. The molecule has 0 aromatic heterocycles. The molecule has 72 valence electrons. The third-order valence-electron chi connectivity index (χ3n) is 1.48. The Morgan fingerprint density at radius 2 is 2.00 bits per heavy atom. The SMILES string of the molecule is Cc1ccc(NS(C)(=O)=O)cc1Cl. The third kappa shape index (κ3) is 3.24. The molecule has 1 aromatic carbocycles. The Kier molecular flexibility index (Phi) is 2.83. The summed E-state index contributed by atoms with van der Waals surface area (Å²) in [7, 11) is -3.22. The Morgan fingerprint density at radius 1 is 1.38 bits per heavy atom. The van der Waals surface area contributed by atoms with E-state index in [4.69, 9.17) is 11.6 Å². The quantitative estimate of drug-likeness (QED) is 0.827. The molecule has 13 heavy (non-hydrogen) atoms. The minimum Gasteiger partial charge on any atom is -0.284 e. The van der Waals surface area contributed by atoms with Crippen LogP contribution in [0.25, 0.3) is 0 Å². The molecule has 0 amide bonds. The minimum absolute atomic E-state index is 0.484. The molecule has 0 heterocycles. The van der Waals surface area contributed by atoms with Crippen molar-refractivity contribution in [1.82, 2.24) is 0 Å². The minimum atomic E-state index is -3.22. The van der Waals surface area contributed by atoms with Gasteiger partial charge in [0.05, 0.1) is 6.26 Å². The van der Waals surface area contributed by atoms with E-state index in [2.05, 4.69) is 4.72 Å². The van der Waals surface area contributed by atoms with Crippen LogP contribution >= 0.6 is 11.6 Å². The molecule has 1 N–H and O–H groups in total. The van der Waals surface area contributed by atoms with Gasteiger partial charge in [0.15, 0.2) is 0 Å². The van der Waals surface area contributed by atoms with Gasteiger partial charge in [-0.1, -0.05) is 17.7 Å². The van der Waals surface area contributed by atoms with E-state index in [9.17, 15) is 8.42 Å². The molecule has 0 fully saturated rings. The second-order valence-electron chi connectivity index (χ2n) is 2.84. The summed E-state index contributed by atoms with van der Waals surface area (Å²) in [5.74, 6) is 0. The second-order valence-corrected chi connectivity index (χ2v) is 4.99. The Morgan fingerprint density at radius 3 is 2.46 bits per heavy atom. The van der Waals surface area contributed by atoms with Gasteiger partial charge < -0.3 is 0 Å². The molecular weight excluding hydrogens is 210 g/mol. The van der Waals surface area contributed by atoms with Crippen molar-refractivity contribution < 1.29 is 8.42 Å². The first-order valence-electron chi connectivity index (χ1n) is 3.62.